The molecule has 142 valence electrons. The van der Waals surface area contributed by atoms with Gasteiger partial charge in [-0.05, 0) is 11.1 Å². The summed E-state index contributed by atoms with van der Waals surface area (Å²) < 4.78 is 12.1. The highest BCUT2D eigenvalue weighted by molar-refractivity contribution is 5.73. The number of benzene rings is 2. The minimum Gasteiger partial charge on any atom is -0.386 e. The van der Waals surface area contributed by atoms with Gasteiger partial charge in [-0.25, -0.2) is 0 Å². The molecule has 1 aliphatic carbocycles. The number of hydrogen-bond acceptors (Lipinski definition) is 4. The molecule has 1 amide bonds. The Balaban J connectivity index is 1.73. The Hall–Kier alpha value is -2.47. The molecule has 2 aromatic rings. The van der Waals surface area contributed by atoms with E-state index in [9.17, 15) is 9.90 Å². The van der Waals surface area contributed by atoms with Crippen molar-refractivity contribution >= 4 is 5.91 Å². The van der Waals surface area contributed by atoms with Gasteiger partial charge in [-0.15, -0.1) is 0 Å². The SMILES string of the molecule is CC(=O)N[C@H]1C=C[C@H](O)[C@@H](OCc2ccccc2)[C@@H]1OCc1ccccc1. The number of rotatable bonds is 7. The number of nitrogens with one attached hydrogen (secondary N) is 1. The first-order chi connectivity index (χ1) is 13.1. The average molecular weight is 367 g/mol. The lowest BCUT2D eigenvalue weighted by Crippen LogP contribution is -2.55. The zero-order valence-corrected chi connectivity index (χ0v) is 15.3. The van der Waals surface area contributed by atoms with E-state index in [-0.39, 0.29) is 11.9 Å². The molecule has 5 heteroatoms. The van der Waals surface area contributed by atoms with Gasteiger partial charge in [0.1, 0.15) is 18.3 Å². The third-order valence-electron chi connectivity index (χ3n) is 4.47. The monoisotopic (exact) mass is 367 g/mol. The number of carbonyl (C=O) groups excluding carboxylic acids is 1. The van der Waals surface area contributed by atoms with Gasteiger partial charge in [-0.2, -0.15) is 0 Å². The zero-order valence-electron chi connectivity index (χ0n) is 15.3. The van der Waals surface area contributed by atoms with Crippen molar-refractivity contribution in [1.82, 2.24) is 5.32 Å². The van der Waals surface area contributed by atoms with Gasteiger partial charge in [0.2, 0.25) is 5.91 Å². The molecule has 2 aromatic carbocycles. The molecule has 5 nitrogen and oxygen atoms in total. The van der Waals surface area contributed by atoms with Crippen molar-refractivity contribution in [2.75, 3.05) is 0 Å². The lowest BCUT2D eigenvalue weighted by molar-refractivity contribution is -0.138. The second-order valence-corrected chi connectivity index (χ2v) is 6.62. The molecule has 2 N–H and O–H groups in total. The van der Waals surface area contributed by atoms with Crippen LogP contribution >= 0.6 is 0 Å². The minimum atomic E-state index is -0.806. The number of amides is 1. The van der Waals surface area contributed by atoms with Gasteiger partial charge in [-0.1, -0.05) is 72.8 Å². The van der Waals surface area contributed by atoms with Gasteiger partial charge in [0.05, 0.1) is 19.3 Å². The van der Waals surface area contributed by atoms with Crippen LogP contribution in [0.2, 0.25) is 0 Å². The molecule has 0 bridgehead atoms. The van der Waals surface area contributed by atoms with Crippen molar-refractivity contribution in [3.63, 3.8) is 0 Å². The largest absolute Gasteiger partial charge is 0.386 e. The van der Waals surface area contributed by atoms with E-state index in [1.54, 1.807) is 12.2 Å². The summed E-state index contributed by atoms with van der Waals surface area (Å²) in [6.07, 6.45) is 1.52. The molecule has 0 saturated heterocycles. The number of hydrogen-bond donors (Lipinski definition) is 2. The fourth-order valence-corrected chi connectivity index (χ4v) is 3.14. The smallest absolute Gasteiger partial charge is 0.217 e. The third-order valence-corrected chi connectivity index (χ3v) is 4.47. The molecule has 0 heterocycles. The summed E-state index contributed by atoms with van der Waals surface area (Å²) in [6.45, 7) is 2.19. The fourth-order valence-electron chi connectivity index (χ4n) is 3.14. The first kappa shape index (κ1) is 19.3. The van der Waals surface area contributed by atoms with Crippen LogP contribution in [0.4, 0.5) is 0 Å². The van der Waals surface area contributed by atoms with Crippen molar-refractivity contribution in [2.24, 2.45) is 0 Å². The molecule has 3 rings (SSSR count). The van der Waals surface area contributed by atoms with Crippen molar-refractivity contribution in [2.45, 2.75) is 44.5 Å². The highest BCUT2D eigenvalue weighted by Gasteiger charge is 2.38. The third kappa shape index (κ3) is 5.50. The van der Waals surface area contributed by atoms with Crippen LogP contribution in [0, 0.1) is 0 Å². The predicted molar refractivity (Wildman–Crippen MR) is 103 cm³/mol. The van der Waals surface area contributed by atoms with Gasteiger partial charge in [-0.3, -0.25) is 4.79 Å². The summed E-state index contributed by atoms with van der Waals surface area (Å²) in [6, 6.07) is 19.2. The maximum absolute atomic E-state index is 11.6. The normalized spacial score (nSPS) is 24.5. The maximum atomic E-state index is 11.6. The van der Waals surface area contributed by atoms with Crippen LogP contribution in [-0.2, 0) is 27.5 Å². The van der Waals surface area contributed by atoms with E-state index in [0.717, 1.165) is 11.1 Å². The summed E-state index contributed by atoms with van der Waals surface area (Å²) in [5.74, 6) is -0.156. The lowest BCUT2D eigenvalue weighted by atomic mass is 9.93. The highest BCUT2D eigenvalue weighted by Crippen LogP contribution is 2.23. The number of ether oxygens (including phenoxy) is 2. The Kier molecular flexibility index (Phi) is 6.76. The van der Waals surface area contributed by atoms with Crippen LogP contribution < -0.4 is 5.32 Å². The van der Waals surface area contributed by atoms with E-state index in [0.29, 0.717) is 13.2 Å². The first-order valence-corrected chi connectivity index (χ1v) is 9.08. The zero-order chi connectivity index (χ0) is 19.1. The van der Waals surface area contributed by atoms with Crippen LogP contribution in [0.1, 0.15) is 18.1 Å². The van der Waals surface area contributed by atoms with Crippen LogP contribution in [0.15, 0.2) is 72.8 Å². The van der Waals surface area contributed by atoms with E-state index < -0.39 is 18.3 Å². The number of carbonyl (C=O) groups is 1. The molecule has 27 heavy (non-hydrogen) atoms. The van der Waals surface area contributed by atoms with Gasteiger partial charge in [0, 0.05) is 6.92 Å². The second kappa shape index (κ2) is 9.46. The van der Waals surface area contributed by atoms with E-state index >= 15 is 0 Å². The molecule has 0 saturated carbocycles. The standard InChI is InChI=1S/C22H25NO4/c1-16(24)23-19-12-13-20(25)22(27-15-18-10-6-3-7-11-18)21(19)26-14-17-8-4-2-5-9-17/h2-13,19-22,25H,14-15H2,1H3,(H,23,24)/t19-,20-,21+,22+/m0/s1. The summed E-state index contributed by atoms with van der Waals surface area (Å²) in [5, 5.41) is 13.3. The Morgan fingerprint density at radius 1 is 0.889 bits per heavy atom. The van der Waals surface area contributed by atoms with Gasteiger partial charge in [0.15, 0.2) is 0 Å². The van der Waals surface area contributed by atoms with E-state index in [2.05, 4.69) is 5.32 Å². The van der Waals surface area contributed by atoms with E-state index in [1.165, 1.54) is 6.92 Å². The molecular weight excluding hydrogens is 342 g/mol. The van der Waals surface area contributed by atoms with Gasteiger partial charge >= 0.3 is 0 Å². The molecule has 1 aliphatic rings. The molecule has 0 spiro atoms. The van der Waals surface area contributed by atoms with Crippen molar-refractivity contribution in [1.29, 1.82) is 0 Å². The molecule has 0 aromatic heterocycles. The highest BCUT2D eigenvalue weighted by atomic mass is 16.5. The molecule has 0 radical (unpaired) electrons. The molecule has 4 atom stereocenters. The number of aliphatic hydroxyl groups excluding tert-OH is 1. The Morgan fingerprint density at radius 3 is 1.93 bits per heavy atom. The molecule has 0 aliphatic heterocycles. The quantitative estimate of drug-likeness (QED) is 0.738. The van der Waals surface area contributed by atoms with Gasteiger partial charge < -0.3 is 19.9 Å². The Bertz CT molecular complexity index is 747. The summed E-state index contributed by atoms with van der Waals surface area (Å²) in [5.41, 5.74) is 2.03. The second-order valence-electron chi connectivity index (χ2n) is 6.62. The van der Waals surface area contributed by atoms with Gasteiger partial charge in [0.25, 0.3) is 0 Å². The van der Waals surface area contributed by atoms with Crippen molar-refractivity contribution in [3.05, 3.63) is 83.9 Å². The van der Waals surface area contributed by atoms with E-state index in [1.807, 2.05) is 60.7 Å². The van der Waals surface area contributed by atoms with Crippen LogP contribution in [-0.4, -0.2) is 35.4 Å². The van der Waals surface area contributed by atoms with Crippen LogP contribution in [0.25, 0.3) is 0 Å². The average Bonchev–Trinajstić information content (AvgIpc) is 2.68. The van der Waals surface area contributed by atoms with E-state index in [4.69, 9.17) is 9.47 Å². The minimum absolute atomic E-state index is 0.156. The van der Waals surface area contributed by atoms with Crippen LogP contribution in [0.5, 0.6) is 0 Å². The maximum Gasteiger partial charge on any atom is 0.217 e. The summed E-state index contributed by atoms with van der Waals surface area (Å²) in [4.78, 5) is 11.6. The number of aliphatic hydroxyl groups is 1. The predicted octanol–water partition coefficient (Wildman–Crippen LogP) is 2.59. The first-order valence-electron chi connectivity index (χ1n) is 9.08. The summed E-state index contributed by atoms with van der Waals surface area (Å²) >= 11 is 0. The van der Waals surface area contributed by atoms with Crippen molar-refractivity contribution in [3.8, 4) is 0 Å². The molecule has 0 unspecified atom stereocenters. The fraction of sp³-hybridized carbons (Fsp3) is 0.318. The Labute approximate surface area is 159 Å². The van der Waals surface area contributed by atoms with Crippen LogP contribution in [0.3, 0.4) is 0 Å². The Morgan fingerprint density at radius 2 is 1.41 bits per heavy atom. The molecule has 0 fully saturated rings. The lowest BCUT2D eigenvalue weighted by Gasteiger charge is -2.37. The summed E-state index contributed by atoms with van der Waals surface area (Å²) in [7, 11) is 0. The van der Waals surface area contributed by atoms with Crippen molar-refractivity contribution < 1.29 is 19.4 Å². The topological polar surface area (TPSA) is 67.8 Å². The molecular formula is C22H25NO4.